The molecule has 0 heterocycles. The van der Waals surface area contributed by atoms with Crippen molar-refractivity contribution in [1.82, 2.24) is 0 Å². The van der Waals surface area contributed by atoms with Crippen LogP contribution in [0.1, 0.15) is 39.5 Å². The van der Waals surface area contributed by atoms with Crippen LogP contribution in [-0.2, 0) is 9.59 Å². The van der Waals surface area contributed by atoms with Crippen LogP contribution >= 0.6 is 0 Å². The first-order valence-corrected chi connectivity index (χ1v) is 4.27. The van der Waals surface area contributed by atoms with Crippen molar-refractivity contribution in [3.8, 4) is 0 Å². The molecule has 0 spiro atoms. The average Bonchev–Trinajstić information content (AvgIpc) is 1.95. The maximum absolute atomic E-state index is 10.5. The van der Waals surface area contributed by atoms with Crippen LogP contribution in [0.25, 0.3) is 0 Å². The van der Waals surface area contributed by atoms with Crippen molar-refractivity contribution in [2.75, 3.05) is 0 Å². The summed E-state index contributed by atoms with van der Waals surface area (Å²) in [5, 5.41) is 0. The molecule has 0 unspecified atom stereocenters. The van der Waals surface area contributed by atoms with Gasteiger partial charge in [0.05, 0.1) is 0 Å². The zero-order valence-electron chi connectivity index (χ0n) is 7.80. The molecular weight excluding hydrogens is 152 g/mol. The minimum absolute atomic E-state index is 0.179. The molecule has 0 amide bonds. The van der Waals surface area contributed by atoms with Gasteiger partial charge in [-0.3, -0.25) is 4.79 Å². The molecule has 0 N–H and O–H groups in total. The maximum Gasteiger partial charge on any atom is 0.133 e. The number of hydrogen-bond donors (Lipinski definition) is 0. The summed E-state index contributed by atoms with van der Waals surface area (Å²) in [5.74, 6) is 0.410. The first kappa shape index (κ1) is 11.1. The van der Waals surface area contributed by atoms with Crippen LogP contribution in [0.3, 0.4) is 0 Å². The summed E-state index contributed by atoms with van der Waals surface area (Å²) in [7, 11) is 0. The molecule has 0 aromatic carbocycles. The van der Waals surface area contributed by atoms with Gasteiger partial charge in [0, 0.05) is 12.8 Å². The van der Waals surface area contributed by atoms with E-state index in [4.69, 9.17) is 0 Å². The highest BCUT2D eigenvalue weighted by atomic mass is 16.1. The van der Waals surface area contributed by atoms with E-state index in [2.05, 4.69) is 0 Å². The molecule has 68 valence electrons. The molecule has 2 heteroatoms. The Morgan fingerprint density at radius 1 is 1.08 bits per heavy atom. The topological polar surface area (TPSA) is 34.1 Å². The molecule has 0 aliphatic rings. The van der Waals surface area contributed by atoms with Crippen molar-refractivity contribution in [3.05, 3.63) is 12.2 Å². The number of carbonyl (C=O) groups excluding carboxylic acids is 2. The van der Waals surface area contributed by atoms with Crippen molar-refractivity contribution in [1.29, 1.82) is 0 Å². The fourth-order valence-corrected chi connectivity index (χ4v) is 0.836. The SMILES string of the molecule is CC(=O)C/C=C/CCCC(C)=O. The molecule has 2 nitrogen and oxygen atoms in total. The third-order valence-electron chi connectivity index (χ3n) is 1.47. The van der Waals surface area contributed by atoms with Gasteiger partial charge in [-0.1, -0.05) is 12.2 Å². The van der Waals surface area contributed by atoms with E-state index in [1.807, 2.05) is 12.2 Å². The minimum Gasteiger partial charge on any atom is -0.300 e. The standard InChI is InChI=1S/C10H16O2/c1-9(11)7-5-3-4-6-8-10(2)12/h3,5H,4,6-8H2,1-2H3/b5-3+. The molecule has 0 bridgehead atoms. The summed E-state index contributed by atoms with van der Waals surface area (Å²) < 4.78 is 0. The second kappa shape index (κ2) is 6.77. The van der Waals surface area contributed by atoms with Crippen LogP contribution < -0.4 is 0 Å². The van der Waals surface area contributed by atoms with Crippen LogP contribution in [0.2, 0.25) is 0 Å². The zero-order valence-corrected chi connectivity index (χ0v) is 7.80. The molecule has 0 radical (unpaired) electrons. The normalized spacial score (nSPS) is 10.5. The number of carbonyl (C=O) groups is 2. The summed E-state index contributed by atoms with van der Waals surface area (Å²) in [5.41, 5.74) is 0. The molecule has 0 rings (SSSR count). The third kappa shape index (κ3) is 9.08. The number of unbranched alkanes of at least 4 members (excludes halogenated alkanes) is 1. The molecule has 0 saturated carbocycles. The fraction of sp³-hybridized carbons (Fsp3) is 0.600. The molecule has 0 aliphatic heterocycles. The molecule has 0 aromatic rings. The highest BCUT2D eigenvalue weighted by Gasteiger charge is 1.90. The van der Waals surface area contributed by atoms with E-state index in [0.29, 0.717) is 12.8 Å². The number of allylic oxidation sites excluding steroid dienone is 2. The van der Waals surface area contributed by atoms with Gasteiger partial charge in [0.25, 0.3) is 0 Å². The Morgan fingerprint density at radius 3 is 2.25 bits per heavy atom. The Morgan fingerprint density at radius 2 is 1.75 bits per heavy atom. The predicted molar refractivity (Wildman–Crippen MR) is 49.0 cm³/mol. The molecule has 0 aliphatic carbocycles. The van der Waals surface area contributed by atoms with E-state index in [1.165, 1.54) is 0 Å². The molecular formula is C10H16O2. The highest BCUT2D eigenvalue weighted by Crippen LogP contribution is 1.98. The summed E-state index contributed by atoms with van der Waals surface area (Å²) in [6.07, 6.45) is 6.77. The highest BCUT2D eigenvalue weighted by molar-refractivity contribution is 5.77. The quantitative estimate of drug-likeness (QED) is 0.450. The maximum atomic E-state index is 10.5. The first-order valence-electron chi connectivity index (χ1n) is 4.27. The fourth-order valence-electron chi connectivity index (χ4n) is 0.836. The minimum atomic E-state index is 0.179. The van der Waals surface area contributed by atoms with Gasteiger partial charge in [-0.2, -0.15) is 0 Å². The Hall–Kier alpha value is -0.920. The summed E-state index contributed by atoms with van der Waals surface area (Å²) >= 11 is 0. The van der Waals surface area contributed by atoms with Gasteiger partial charge in [-0.05, 0) is 26.7 Å². The average molecular weight is 168 g/mol. The van der Waals surface area contributed by atoms with Gasteiger partial charge < -0.3 is 4.79 Å². The Bertz CT molecular complexity index is 180. The summed E-state index contributed by atoms with van der Waals surface area (Å²) in [6, 6.07) is 0. The lowest BCUT2D eigenvalue weighted by atomic mass is 10.2. The smallest absolute Gasteiger partial charge is 0.133 e. The van der Waals surface area contributed by atoms with Crippen molar-refractivity contribution >= 4 is 11.6 Å². The summed E-state index contributed by atoms with van der Waals surface area (Å²) in [4.78, 5) is 21.0. The largest absolute Gasteiger partial charge is 0.300 e. The van der Waals surface area contributed by atoms with Crippen molar-refractivity contribution in [2.24, 2.45) is 0 Å². The van der Waals surface area contributed by atoms with E-state index in [-0.39, 0.29) is 11.6 Å². The molecule has 0 atom stereocenters. The van der Waals surface area contributed by atoms with Crippen molar-refractivity contribution in [3.63, 3.8) is 0 Å². The predicted octanol–water partition coefficient (Wildman–Crippen LogP) is 2.28. The van der Waals surface area contributed by atoms with Crippen molar-refractivity contribution in [2.45, 2.75) is 39.5 Å². The van der Waals surface area contributed by atoms with Gasteiger partial charge >= 0.3 is 0 Å². The van der Waals surface area contributed by atoms with Crippen LogP contribution in [0, 0.1) is 0 Å². The number of ketones is 2. The van der Waals surface area contributed by atoms with E-state index >= 15 is 0 Å². The monoisotopic (exact) mass is 168 g/mol. The van der Waals surface area contributed by atoms with E-state index in [0.717, 1.165) is 12.8 Å². The lowest BCUT2D eigenvalue weighted by Gasteiger charge is -1.90. The lowest BCUT2D eigenvalue weighted by molar-refractivity contribution is -0.117. The van der Waals surface area contributed by atoms with Gasteiger partial charge in [0.1, 0.15) is 11.6 Å². The van der Waals surface area contributed by atoms with E-state index < -0.39 is 0 Å². The molecule has 0 saturated heterocycles. The van der Waals surface area contributed by atoms with Crippen LogP contribution in [-0.4, -0.2) is 11.6 Å². The van der Waals surface area contributed by atoms with Crippen LogP contribution in [0.15, 0.2) is 12.2 Å². The van der Waals surface area contributed by atoms with Crippen LogP contribution in [0.4, 0.5) is 0 Å². The zero-order chi connectivity index (χ0) is 9.40. The van der Waals surface area contributed by atoms with Gasteiger partial charge in [-0.25, -0.2) is 0 Å². The number of Topliss-reactive ketones (excluding diaryl/α,β-unsaturated/α-hetero) is 2. The van der Waals surface area contributed by atoms with Crippen LogP contribution in [0.5, 0.6) is 0 Å². The van der Waals surface area contributed by atoms with E-state index in [1.54, 1.807) is 13.8 Å². The molecule has 0 aromatic heterocycles. The second-order valence-corrected chi connectivity index (χ2v) is 2.97. The summed E-state index contributed by atoms with van der Waals surface area (Å²) in [6.45, 7) is 3.17. The van der Waals surface area contributed by atoms with Gasteiger partial charge in [0.15, 0.2) is 0 Å². The Balaban J connectivity index is 3.25. The van der Waals surface area contributed by atoms with Gasteiger partial charge in [0.2, 0.25) is 0 Å². The first-order chi connectivity index (χ1) is 5.63. The Kier molecular flexibility index (Phi) is 6.25. The number of hydrogen-bond acceptors (Lipinski definition) is 2. The Labute approximate surface area is 73.7 Å². The third-order valence-corrected chi connectivity index (χ3v) is 1.47. The molecule has 12 heavy (non-hydrogen) atoms. The molecule has 0 fully saturated rings. The number of rotatable bonds is 6. The second-order valence-electron chi connectivity index (χ2n) is 2.97. The van der Waals surface area contributed by atoms with Crippen molar-refractivity contribution < 1.29 is 9.59 Å². The van der Waals surface area contributed by atoms with E-state index in [9.17, 15) is 9.59 Å². The lowest BCUT2D eigenvalue weighted by Crippen LogP contribution is -1.88. The van der Waals surface area contributed by atoms with Gasteiger partial charge in [-0.15, -0.1) is 0 Å².